The SMILES string of the molecule is NC(=O)c1cncc(C(F)(F)F)c1OC1CC1. The Hall–Kier alpha value is -1.79. The van der Waals surface area contributed by atoms with Crippen LogP contribution in [-0.2, 0) is 6.18 Å². The molecule has 0 bridgehead atoms. The molecule has 1 aromatic rings. The summed E-state index contributed by atoms with van der Waals surface area (Å²) in [6.45, 7) is 0. The molecule has 0 saturated heterocycles. The molecule has 2 N–H and O–H groups in total. The monoisotopic (exact) mass is 246 g/mol. The van der Waals surface area contributed by atoms with Crippen molar-refractivity contribution in [2.75, 3.05) is 0 Å². The highest BCUT2D eigenvalue weighted by molar-refractivity contribution is 5.95. The zero-order chi connectivity index (χ0) is 12.6. The maximum atomic E-state index is 12.7. The molecule has 1 aliphatic rings. The highest BCUT2D eigenvalue weighted by atomic mass is 19.4. The van der Waals surface area contributed by atoms with E-state index in [1.54, 1.807) is 0 Å². The summed E-state index contributed by atoms with van der Waals surface area (Å²) >= 11 is 0. The van der Waals surface area contributed by atoms with Gasteiger partial charge >= 0.3 is 6.18 Å². The van der Waals surface area contributed by atoms with Gasteiger partial charge in [0.15, 0.2) is 0 Å². The van der Waals surface area contributed by atoms with Gasteiger partial charge in [0.1, 0.15) is 16.9 Å². The summed E-state index contributed by atoms with van der Waals surface area (Å²) in [5.41, 5.74) is 3.59. The molecule has 0 spiro atoms. The van der Waals surface area contributed by atoms with Crippen molar-refractivity contribution in [1.82, 2.24) is 4.98 Å². The van der Waals surface area contributed by atoms with Crippen molar-refractivity contribution in [2.24, 2.45) is 5.73 Å². The van der Waals surface area contributed by atoms with Crippen LogP contribution in [0.2, 0.25) is 0 Å². The molecule has 0 unspecified atom stereocenters. The number of ether oxygens (including phenoxy) is 1. The Balaban J connectivity index is 2.49. The van der Waals surface area contributed by atoms with Gasteiger partial charge in [-0.25, -0.2) is 0 Å². The second-order valence-electron chi connectivity index (χ2n) is 3.74. The number of hydrogen-bond acceptors (Lipinski definition) is 3. The van der Waals surface area contributed by atoms with E-state index in [1.165, 1.54) is 0 Å². The molecule has 0 aliphatic heterocycles. The van der Waals surface area contributed by atoms with E-state index in [1.807, 2.05) is 0 Å². The first-order valence-electron chi connectivity index (χ1n) is 4.91. The van der Waals surface area contributed by atoms with E-state index in [-0.39, 0.29) is 11.7 Å². The minimum atomic E-state index is -4.62. The molecule has 1 heterocycles. The molecule has 1 saturated carbocycles. The van der Waals surface area contributed by atoms with E-state index in [9.17, 15) is 18.0 Å². The van der Waals surface area contributed by atoms with Gasteiger partial charge in [-0.1, -0.05) is 0 Å². The highest BCUT2D eigenvalue weighted by Gasteiger charge is 2.38. The number of pyridine rings is 1. The van der Waals surface area contributed by atoms with E-state index < -0.39 is 23.4 Å². The third-order valence-corrected chi connectivity index (χ3v) is 2.28. The molecule has 0 aromatic carbocycles. The summed E-state index contributed by atoms with van der Waals surface area (Å²) in [4.78, 5) is 14.4. The van der Waals surface area contributed by atoms with Gasteiger partial charge in [-0.15, -0.1) is 0 Å². The Morgan fingerprint density at radius 1 is 1.41 bits per heavy atom. The number of alkyl halides is 3. The van der Waals surface area contributed by atoms with Gasteiger partial charge in [0.05, 0.1) is 6.10 Å². The van der Waals surface area contributed by atoms with Crippen LogP contribution in [0.5, 0.6) is 5.75 Å². The van der Waals surface area contributed by atoms with Gasteiger partial charge in [0, 0.05) is 12.4 Å². The fraction of sp³-hybridized carbons (Fsp3) is 0.400. The molecular formula is C10H9F3N2O2. The average molecular weight is 246 g/mol. The highest BCUT2D eigenvalue weighted by Crippen LogP contribution is 2.40. The largest absolute Gasteiger partial charge is 0.489 e. The van der Waals surface area contributed by atoms with E-state index >= 15 is 0 Å². The van der Waals surface area contributed by atoms with Gasteiger partial charge in [-0.05, 0) is 12.8 Å². The molecule has 1 aliphatic carbocycles. The molecule has 4 nitrogen and oxygen atoms in total. The minimum Gasteiger partial charge on any atom is -0.489 e. The van der Waals surface area contributed by atoms with Gasteiger partial charge in [0.2, 0.25) is 0 Å². The summed E-state index contributed by atoms with van der Waals surface area (Å²) in [6, 6.07) is 0. The molecule has 7 heteroatoms. The standard InChI is InChI=1S/C10H9F3N2O2/c11-10(12,13)7-4-15-3-6(9(14)16)8(7)17-5-1-2-5/h3-5H,1-2H2,(H2,14,16). The van der Waals surface area contributed by atoms with Crippen LogP contribution in [0, 0.1) is 0 Å². The van der Waals surface area contributed by atoms with Crippen molar-refractivity contribution >= 4 is 5.91 Å². The van der Waals surface area contributed by atoms with Crippen molar-refractivity contribution in [3.05, 3.63) is 23.5 Å². The Morgan fingerprint density at radius 2 is 2.06 bits per heavy atom. The Kier molecular flexibility index (Phi) is 2.68. The number of halogens is 3. The summed E-state index contributed by atoms with van der Waals surface area (Å²) in [6.07, 6.45) is -1.92. The number of nitrogens with two attached hydrogens (primary N) is 1. The normalized spacial score (nSPS) is 15.7. The molecule has 1 amide bonds. The summed E-state index contributed by atoms with van der Waals surface area (Å²) in [5.74, 6) is -1.50. The first-order chi connectivity index (χ1) is 7.89. The van der Waals surface area contributed by atoms with E-state index in [0.717, 1.165) is 6.20 Å². The maximum Gasteiger partial charge on any atom is 0.421 e. The molecule has 17 heavy (non-hydrogen) atoms. The third kappa shape index (κ3) is 2.48. The Labute approximate surface area is 94.6 Å². The first kappa shape index (κ1) is 11.7. The first-order valence-corrected chi connectivity index (χ1v) is 4.91. The number of aromatic nitrogens is 1. The lowest BCUT2D eigenvalue weighted by Crippen LogP contribution is -2.18. The number of carbonyl (C=O) groups excluding carboxylic acids is 1. The molecule has 92 valence electrons. The predicted octanol–water partition coefficient (Wildman–Crippen LogP) is 1.74. The number of amides is 1. The van der Waals surface area contributed by atoms with Gasteiger partial charge in [-0.2, -0.15) is 13.2 Å². The van der Waals surface area contributed by atoms with Crippen LogP contribution in [-0.4, -0.2) is 17.0 Å². The number of carbonyl (C=O) groups is 1. The van der Waals surface area contributed by atoms with Crippen LogP contribution in [0.1, 0.15) is 28.8 Å². The molecule has 1 aromatic heterocycles. The second kappa shape index (κ2) is 3.90. The molecular weight excluding hydrogens is 237 g/mol. The fourth-order valence-electron chi connectivity index (χ4n) is 1.31. The van der Waals surface area contributed by atoms with Gasteiger partial charge in [0.25, 0.3) is 5.91 Å². The number of nitrogens with zero attached hydrogens (tertiary/aromatic N) is 1. The fourth-order valence-corrected chi connectivity index (χ4v) is 1.31. The summed E-state index contributed by atoms with van der Waals surface area (Å²) in [5, 5.41) is 0. The van der Waals surface area contributed by atoms with Crippen molar-refractivity contribution in [3.8, 4) is 5.75 Å². The van der Waals surface area contributed by atoms with Crippen LogP contribution in [0.4, 0.5) is 13.2 Å². The quantitative estimate of drug-likeness (QED) is 0.883. The van der Waals surface area contributed by atoms with Crippen LogP contribution in [0.3, 0.4) is 0 Å². The number of primary amides is 1. The molecule has 0 radical (unpaired) electrons. The lowest BCUT2D eigenvalue weighted by Gasteiger charge is -2.15. The zero-order valence-corrected chi connectivity index (χ0v) is 8.62. The average Bonchev–Trinajstić information content (AvgIpc) is 3.00. The minimum absolute atomic E-state index is 0.267. The second-order valence-corrected chi connectivity index (χ2v) is 3.74. The van der Waals surface area contributed by atoms with Gasteiger partial charge in [-0.3, -0.25) is 9.78 Å². The van der Waals surface area contributed by atoms with E-state index in [4.69, 9.17) is 10.5 Å². The number of rotatable bonds is 3. The molecule has 2 rings (SSSR count). The lowest BCUT2D eigenvalue weighted by molar-refractivity contribution is -0.139. The topological polar surface area (TPSA) is 65.2 Å². The van der Waals surface area contributed by atoms with Crippen LogP contribution >= 0.6 is 0 Å². The van der Waals surface area contributed by atoms with E-state index in [0.29, 0.717) is 19.0 Å². The van der Waals surface area contributed by atoms with E-state index in [2.05, 4.69) is 4.98 Å². The third-order valence-electron chi connectivity index (χ3n) is 2.28. The van der Waals surface area contributed by atoms with Crippen molar-refractivity contribution in [3.63, 3.8) is 0 Å². The predicted molar refractivity (Wildman–Crippen MR) is 51.4 cm³/mol. The van der Waals surface area contributed by atoms with Gasteiger partial charge < -0.3 is 10.5 Å². The molecule has 1 fully saturated rings. The summed E-state index contributed by atoms with van der Waals surface area (Å²) < 4.78 is 43.2. The van der Waals surface area contributed by atoms with Crippen molar-refractivity contribution in [2.45, 2.75) is 25.1 Å². The van der Waals surface area contributed by atoms with Crippen molar-refractivity contribution < 1.29 is 22.7 Å². The van der Waals surface area contributed by atoms with Crippen LogP contribution in [0.25, 0.3) is 0 Å². The smallest absolute Gasteiger partial charge is 0.421 e. The maximum absolute atomic E-state index is 12.7. The zero-order valence-electron chi connectivity index (χ0n) is 8.62. The van der Waals surface area contributed by atoms with Crippen molar-refractivity contribution in [1.29, 1.82) is 0 Å². The lowest BCUT2D eigenvalue weighted by atomic mass is 10.1. The Morgan fingerprint density at radius 3 is 2.53 bits per heavy atom. The van der Waals surface area contributed by atoms with Crippen LogP contribution < -0.4 is 10.5 Å². The summed E-state index contributed by atoms with van der Waals surface area (Å²) in [7, 11) is 0. The molecule has 0 atom stereocenters. The number of hydrogen-bond donors (Lipinski definition) is 1. The Bertz CT molecular complexity index is 455. The van der Waals surface area contributed by atoms with Crippen LogP contribution in [0.15, 0.2) is 12.4 Å².